The molecular formula is C13H15NO. The lowest BCUT2D eigenvalue weighted by molar-refractivity contribution is 0.235. The predicted octanol–water partition coefficient (Wildman–Crippen LogP) is 3.33. The van der Waals surface area contributed by atoms with Crippen molar-refractivity contribution < 1.29 is 4.74 Å². The maximum atomic E-state index is 5.70. The quantitative estimate of drug-likeness (QED) is 0.743. The van der Waals surface area contributed by atoms with E-state index in [0.29, 0.717) is 0 Å². The zero-order chi connectivity index (χ0) is 10.8. The minimum Gasteiger partial charge on any atom is -0.474 e. The topological polar surface area (TPSA) is 22.1 Å². The number of pyridine rings is 1. The van der Waals surface area contributed by atoms with Crippen LogP contribution in [-0.4, -0.2) is 11.1 Å². The van der Waals surface area contributed by atoms with E-state index in [1.54, 1.807) is 0 Å². The number of fused-ring (bicyclic) bond motifs is 1. The molecule has 0 bridgehead atoms. The Bertz CT molecular complexity index is 477. The Balaban J connectivity index is 2.60. The summed E-state index contributed by atoms with van der Waals surface area (Å²) in [7, 11) is 0. The maximum absolute atomic E-state index is 5.70. The van der Waals surface area contributed by atoms with Gasteiger partial charge in [0, 0.05) is 11.1 Å². The summed E-state index contributed by atoms with van der Waals surface area (Å²) < 4.78 is 5.70. The fourth-order valence-electron chi connectivity index (χ4n) is 1.61. The second kappa shape index (κ2) is 3.89. The van der Waals surface area contributed by atoms with Crippen molar-refractivity contribution in [3.05, 3.63) is 36.0 Å². The van der Waals surface area contributed by atoms with Gasteiger partial charge in [-0.2, -0.15) is 0 Å². The summed E-state index contributed by atoms with van der Waals surface area (Å²) in [4.78, 5) is 4.42. The molecule has 0 radical (unpaired) electrons. The van der Waals surface area contributed by atoms with Crippen molar-refractivity contribution in [2.45, 2.75) is 26.9 Å². The first-order valence-electron chi connectivity index (χ1n) is 5.20. The Morgan fingerprint density at radius 1 is 1.20 bits per heavy atom. The Kier molecular flexibility index (Phi) is 2.58. The first kappa shape index (κ1) is 9.97. The number of ether oxygens (including phenoxy) is 1. The van der Waals surface area contributed by atoms with Crippen LogP contribution in [0, 0.1) is 6.92 Å². The number of aryl methyl sites for hydroxylation is 1. The third kappa shape index (κ3) is 2.09. The average molecular weight is 201 g/mol. The molecule has 2 aromatic rings. The van der Waals surface area contributed by atoms with Crippen molar-refractivity contribution in [2.75, 3.05) is 0 Å². The summed E-state index contributed by atoms with van der Waals surface area (Å²) in [5.41, 5.74) is 0.990. The van der Waals surface area contributed by atoms with Crippen LogP contribution in [0.3, 0.4) is 0 Å². The van der Waals surface area contributed by atoms with Gasteiger partial charge in [-0.1, -0.05) is 18.2 Å². The van der Waals surface area contributed by atoms with Crippen LogP contribution in [0.1, 0.15) is 19.5 Å². The summed E-state index contributed by atoms with van der Waals surface area (Å²) in [6.07, 6.45) is 0.155. The van der Waals surface area contributed by atoms with Crippen molar-refractivity contribution in [2.24, 2.45) is 0 Å². The van der Waals surface area contributed by atoms with Crippen LogP contribution in [0.4, 0.5) is 0 Å². The molecule has 0 spiro atoms. The van der Waals surface area contributed by atoms with Crippen molar-refractivity contribution in [1.82, 2.24) is 4.98 Å². The SMILES string of the molecule is Cc1cc2ccccc2c(OC(C)C)n1. The number of hydrogen-bond donors (Lipinski definition) is 0. The number of nitrogens with zero attached hydrogens (tertiary/aromatic N) is 1. The van der Waals surface area contributed by atoms with Crippen LogP contribution in [0.2, 0.25) is 0 Å². The molecule has 0 aliphatic rings. The highest BCUT2D eigenvalue weighted by atomic mass is 16.5. The second-order valence-electron chi connectivity index (χ2n) is 3.96. The molecule has 2 heteroatoms. The lowest BCUT2D eigenvalue weighted by Crippen LogP contribution is -2.07. The Morgan fingerprint density at radius 3 is 2.67 bits per heavy atom. The molecule has 15 heavy (non-hydrogen) atoms. The van der Waals surface area contributed by atoms with E-state index in [1.807, 2.05) is 39.0 Å². The van der Waals surface area contributed by atoms with Crippen LogP contribution in [0.15, 0.2) is 30.3 Å². The molecular weight excluding hydrogens is 186 g/mol. The lowest BCUT2D eigenvalue weighted by Gasteiger charge is -2.11. The standard InChI is InChI=1S/C13H15NO/c1-9(2)15-13-12-7-5-4-6-11(12)8-10(3)14-13/h4-9H,1-3H3. The minimum atomic E-state index is 0.155. The fourth-order valence-corrected chi connectivity index (χ4v) is 1.61. The van der Waals surface area contributed by atoms with Crippen molar-refractivity contribution in [1.29, 1.82) is 0 Å². The molecule has 2 rings (SSSR count). The highest BCUT2D eigenvalue weighted by Crippen LogP contribution is 2.24. The largest absolute Gasteiger partial charge is 0.474 e. The van der Waals surface area contributed by atoms with Crippen LogP contribution < -0.4 is 4.74 Å². The summed E-state index contributed by atoms with van der Waals surface area (Å²) >= 11 is 0. The molecule has 0 unspecified atom stereocenters. The number of rotatable bonds is 2. The average Bonchev–Trinajstić information content (AvgIpc) is 2.16. The molecule has 1 aromatic heterocycles. The van der Waals surface area contributed by atoms with Gasteiger partial charge in [0.1, 0.15) is 0 Å². The summed E-state index contributed by atoms with van der Waals surface area (Å²) in [5.74, 6) is 0.737. The predicted molar refractivity (Wildman–Crippen MR) is 62.2 cm³/mol. The molecule has 0 atom stereocenters. The molecule has 78 valence electrons. The Hall–Kier alpha value is -1.57. The molecule has 1 heterocycles. The monoisotopic (exact) mass is 201 g/mol. The third-order valence-electron chi connectivity index (χ3n) is 2.18. The van der Waals surface area contributed by atoms with E-state index in [2.05, 4.69) is 17.1 Å². The molecule has 0 amide bonds. The molecule has 0 aliphatic carbocycles. The number of aromatic nitrogens is 1. The third-order valence-corrected chi connectivity index (χ3v) is 2.18. The van der Waals surface area contributed by atoms with Gasteiger partial charge in [-0.05, 0) is 38.3 Å². The zero-order valence-corrected chi connectivity index (χ0v) is 9.32. The molecule has 0 saturated carbocycles. The zero-order valence-electron chi connectivity index (χ0n) is 9.32. The molecule has 0 N–H and O–H groups in total. The van der Waals surface area contributed by atoms with Crippen LogP contribution in [0.5, 0.6) is 5.88 Å². The number of benzene rings is 1. The van der Waals surface area contributed by atoms with Gasteiger partial charge in [0.05, 0.1) is 6.10 Å². The molecule has 1 aromatic carbocycles. The maximum Gasteiger partial charge on any atom is 0.221 e. The minimum absolute atomic E-state index is 0.155. The van der Waals surface area contributed by atoms with E-state index >= 15 is 0 Å². The van der Waals surface area contributed by atoms with E-state index in [-0.39, 0.29) is 6.10 Å². The van der Waals surface area contributed by atoms with E-state index < -0.39 is 0 Å². The number of hydrogen-bond acceptors (Lipinski definition) is 2. The normalized spacial score (nSPS) is 10.9. The van der Waals surface area contributed by atoms with Gasteiger partial charge >= 0.3 is 0 Å². The van der Waals surface area contributed by atoms with Gasteiger partial charge in [0.15, 0.2) is 0 Å². The molecule has 0 aliphatic heterocycles. The summed E-state index contributed by atoms with van der Waals surface area (Å²) in [6, 6.07) is 10.2. The fraction of sp³-hybridized carbons (Fsp3) is 0.308. The van der Waals surface area contributed by atoms with Gasteiger partial charge in [-0.3, -0.25) is 0 Å². The smallest absolute Gasteiger partial charge is 0.221 e. The van der Waals surface area contributed by atoms with Crippen molar-refractivity contribution in [3.63, 3.8) is 0 Å². The first-order valence-corrected chi connectivity index (χ1v) is 5.20. The van der Waals surface area contributed by atoms with Crippen molar-refractivity contribution >= 4 is 10.8 Å². The lowest BCUT2D eigenvalue weighted by atomic mass is 10.1. The van der Waals surface area contributed by atoms with Crippen LogP contribution >= 0.6 is 0 Å². The Morgan fingerprint density at radius 2 is 1.93 bits per heavy atom. The van der Waals surface area contributed by atoms with Gasteiger partial charge in [-0.25, -0.2) is 4.98 Å². The van der Waals surface area contributed by atoms with E-state index in [0.717, 1.165) is 17.0 Å². The van der Waals surface area contributed by atoms with Crippen molar-refractivity contribution in [3.8, 4) is 5.88 Å². The van der Waals surface area contributed by atoms with E-state index in [9.17, 15) is 0 Å². The Labute approximate surface area is 89.9 Å². The van der Waals surface area contributed by atoms with E-state index in [4.69, 9.17) is 4.74 Å². The summed E-state index contributed by atoms with van der Waals surface area (Å²) in [5, 5.41) is 2.26. The van der Waals surface area contributed by atoms with Gasteiger partial charge < -0.3 is 4.74 Å². The van der Waals surface area contributed by atoms with Crippen LogP contribution in [0.25, 0.3) is 10.8 Å². The first-order chi connectivity index (χ1) is 7.16. The summed E-state index contributed by atoms with van der Waals surface area (Å²) in [6.45, 7) is 6.01. The highest BCUT2D eigenvalue weighted by Gasteiger charge is 2.06. The van der Waals surface area contributed by atoms with Crippen LogP contribution in [-0.2, 0) is 0 Å². The molecule has 2 nitrogen and oxygen atoms in total. The highest BCUT2D eigenvalue weighted by molar-refractivity contribution is 5.87. The van der Waals surface area contributed by atoms with Gasteiger partial charge in [-0.15, -0.1) is 0 Å². The van der Waals surface area contributed by atoms with E-state index in [1.165, 1.54) is 5.39 Å². The van der Waals surface area contributed by atoms with Gasteiger partial charge in [0.2, 0.25) is 5.88 Å². The molecule has 0 fully saturated rings. The molecule has 0 saturated heterocycles. The second-order valence-corrected chi connectivity index (χ2v) is 3.96. The van der Waals surface area contributed by atoms with Gasteiger partial charge in [0.25, 0.3) is 0 Å².